The van der Waals surface area contributed by atoms with Gasteiger partial charge in [0, 0.05) is 0 Å². The summed E-state index contributed by atoms with van der Waals surface area (Å²) in [4.78, 5) is 32.7. The second-order valence-electron chi connectivity index (χ2n) is 3.31. The van der Waals surface area contributed by atoms with E-state index in [4.69, 9.17) is 15.3 Å². The van der Waals surface area contributed by atoms with Gasteiger partial charge in [0.1, 0.15) is 0 Å². The maximum Gasteiger partial charge on any atom is 0.348 e. The molecule has 5 N–H and O–H groups in total. The van der Waals surface area contributed by atoms with Crippen molar-refractivity contribution in [3.05, 3.63) is 35.9 Å². The van der Waals surface area contributed by atoms with E-state index in [1.807, 2.05) is 0 Å². The van der Waals surface area contributed by atoms with Gasteiger partial charge in [0.2, 0.25) is 6.10 Å². The molecule has 8 heteroatoms. The first-order valence-electron chi connectivity index (χ1n) is 4.83. The summed E-state index contributed by atoms with van der Waals surface area (Å²) in [5.41, 5.74) is 0.0568. The van der Waals surface area contributed by atoms with E-state index in [0.29, 0.717) is 0 Å². The van der Waals surface area contributed by atoms with Crippen molar-refractivity contribution in [1.29, 1.82) is 0 Å². The first-order chi connectivity index (χ1) is 8.43. The molecule has 2 atom stereocenters. The molecule has 0 saturated heterocycles. The fourth-order valence-electron chi connectivity index (χ4n) is 1.14. The van der Waals surface area contributed by atoms with Crippen molar-refractivity contribution in [1.82, 2.24) is 0 Å². The van der Waals surface area contributed by atoms with Crippen LogP contribution >= 0.6 is 0 Å². The lowest BCUT2D eigenvalue weighted by Crippen LogP contribution is -2.43. The zero-order chi connectivity index (χ0) is 13.7. The number of carbonyl (C=O) groups excluding carboxylic acids is 1. The number of carboxylic acid groups (broad SMARTS) is 2. The summed E-state index contributed by atoms with van der Waals surface area (Å²) in [6, 6.07) is 7.43. The van der Waals surface area contributed by atoms with Gasteiger partial charge < -0.3 is 25.5 Å². The number of benzene rings is 1. The summed E-state index contributed by atoms with van der Waals surface area (Å²) in [6.07, 6.45) is -4.48. The highest BCUT2D eigenvalue weighted by Crippen LogP contribution is 2.07. The highest BCUT2D eigenvalue weighted by molar-refractivity contribution is 5.92. The van der Waals surface area contributed by atoms with Crippen LogP contribution in [-0.2, 0) is 14.3 Å². The van der Waals surface area contributed by atoms with Crippen LogP contribution in [0.1, 0.15) is 10.4 Å². The van der Waals surface area contributed by atoms with Gasteiger partial charge in [0.15, 0.2) is 6.10 Å². The largest absolute Gasteiger partial charge is 0.479 e. The number of aliphatic hydroxyl groups is 1. The summed E-state index contributed by atoms with van der Waals surface area (Å²) in [7, 11) is 0. The Morgan fingerprint density at radius 2 is 1.53 bits per heavy atom. The van der Waals surface area contributed by atoms with Crippen LogP contribution in [0, 0.1) is 0 Å². The van der Waals surface area contributed by atoms with E-state index >= 15 is 0 Å². The van der Waals surface area contributed by atoms with E-state index < -0.39 is 30.1 Å². The number of hydrogen-bond acceptors (Lipinski definition) is 5. The second-order valence-corrected chi connectivity index (χ2v) is 3.31. The van der Waals surface area contributed by atoms with E-state index in [2.05, 4.69) is 4.74 Å². The number of aliphatic carboxylic acids is 2. The fraction of sp³-hybridized carbons (Fsp3) is 0.182. The van der Waals surface area contributed by atoms with Gasteiger partial charge in [-0.25, -0.2) is 14.4 Å². The molecule has 0 saturated carbocycles. The highest BCUT2D eigenvalue weighted by Gasteiger charge is 2.35. The lowest BCUT2D eigenvalue weighted by Gasteiger charge is -2.16. The minimum atomic E-state index is -2.32. The molecule has 1 aromatic carbocycles. The number of carbonyl (C=O) groups is 3. The highest BCUT2D eigenvalue weighted by atomic mass is 16.6. The van der Waals surface area contributed by atoms with Gasteiger partial charge in [-0.15, -0.1) is 0 Å². The van der Waals surface area contributed by atoms with E-state index in [1.54, 1.807) is 6.07 Å². The molecule has 1 rings (SSSR count). The maximum atomic E-state index is 11.5. The van der Waals surface area contributed by atoms with Gasteiger partial charge >= 0.3 is 17.9 Å². The van der Waals surface area contributed by atoms with Gasteiger partial charge in [-0.05, 0) is 12.1 Å². The quantitative estimate of drug-likeness (QED) is 0.576. The molecule has 0 aliphatic rings. The Balaban J connectivity index is 0.00000324. The average Bonchev–Trinajstić information content (AvgIpc) is 2.35. The Bertz CT molecular complexity index is 455. The van der Waals surface area contributed by atoms with Gasteiger partial charge in [0.05, 0.1) is 5.56 Å². The number of ether oxygens (including phenoxy) is 1. The molecule has 0 fully saturated rings. The molecule has 0 aliphatic carbocycles. The van der Waals surface area contributed by atoms with Crippen LogP contribution < -0.4 is 0 Å². The summed E-state index contributed by atoms with van der Waals surface area (Å²) >= 11 is 0. The maximum absolute atomic E-state index is 11.5. The normalized spacial score (nSPS) is 12.7. The van der Waals surface area contributed by atoms with E-state index in [0.717, 1.165) is 0 Å². The van der Waals surface area contributed by atoms with E-state index in [-0.39, 0.29) is 11.0 Å². The first-order valence-corrected chi connectivity index (χ1v) is 4.83. The molecule has 19 heavy (non-hydrogen) atoms. The van der Waals surface area contributed by atoms with Crippen LogP contribution in [0.15, 0.2) is 30.3 Å². The van der Waals surface area contributed by atoms with E-state index in [9.17, 15) is 14.4 Å². The third-order valence-corrected chi connectivity index (χ3v) is 2.03. The van der Waals surface area contributed by atoms with Crippen molar-refractivity contribution in [2.24, 2.45) is 0 Å². The molecule has 0 aliphatic heterocycles. The third-order valence-electron chi connectivity index (χ3n) is 2.03. The first kappa shape index (κ1) is 16.6. The van der Waals surface area contributed by atoms with E-state index in [1.165, 1.54) is 24.3 Å². The molecule has 0 aromatic heterocycles. The summed E-state index contributed by atoms with van der Waals surface area (Å²) in [5.74, 6) is -4.55. The molecule has 2 unspecified atom stereocenters. The minimum absolute atomic E-state index is 0. The van der Waals surface area contributed by atoms with Crippen LogP contribution in [0.4, 0.5) is 0 Å². The van der Waals surface area contributed by atoms with Gasteiger partial charge in [-0.3, -0.25) is 0 Å². The standard InChI is InChI=1S/C11H10O7.H2O/c12-7(9(13)14)8(10(15)16)18-11(17)6-4-2-1-3-5-6;/h1-5,7-8,12H,(H,13,14)(H,15,16);1H2. The lowest BCUT2D eigenvalue weighted by atomic mass is 10.2. The SMILES string of the molecule is O.O=C(OC(C(=O)O)C(O)C(=O)O)c1ccccc1. The van der Waals surface area contributed by atoms with Gasteiger partial charge in [-0.2, -0.15) is 0 Å². The predicted molar refractivity (Wildman–Crippen MR) is 60.5 cm³/mol. The van der Waals surface area contributed by atoms with Crippen LogP contribution in [0.25, 0.3) is 0 Å². The molecule has 0 heterocycles. The zero-order valence-corrected chi connectivity index (χ0v) is 9.52. The number of hydrogen-bond donors (Lipinski definition) is 3. The molecule has 0 bridgehead atoms. The Kier molecular flexibility index (Phi) is 6.17. The van der Waals surface area contributed by atoms with Crippen molar-refractivity contribution < 1.29 is 39.9 Å². The molecular formula is C11H12O8. The van der Waals surface area contributed by atoms with Crippen LogP contribution in [0.2, 0.25) is 0 Å². The van der Waals surface area contributed by atoms with Crippen molar-refractivity contribution >= 4 is 17.9 Å². The van der Waals surface area contributed by atoms with Crippen LogP contribution in [0.5, 0.6) is 0 Å². The predicted octanol–water partition coefficient (Wildman–Crippen LogP) is -1.08. The summed E-state index contributed by atoms with van der Waals surface area (Å²) < 4.78 is 4.45. The molecule has 1 aromatic rings. The minimum Gasteiger partial charge on any atom is -0.479 e. The number of rotatable bonds is 5. The third kappa shape index (κ3) is 4.37. The van der Waals surface area contributed by atoms with Crippen molar-refractivity contribution in [3.8, 4) is 0 Å². The van der Waals surface area contributed by atoms with Crippen LogP contribution in [0.3, 0.4) is 0 Å². The second kappa shape index (κ2) is 7.09. The Hall–Kier alpha value is -2.45. The number of aliphatic hydroxyl groups excluding tert-OH is 1. The molecule has 104 valence electrons. The number of carboxylic acids is 2. The Labute approximate surface area is 107 Å². The van der Waals surface area contributed by atoms with Gasteiger partial charge in [-0.1, -0.05) is 18.2 Å². The fourth-order valence-corrected chi connectivity index (χ4v) is 1.14. The number of esters is 1. The topological polar surface area (TPSA) is 153 Å². The molecule has 0 amide bonds. The molecule has 0 spiro atoms. The molecule has 0 radical (unpaired) electrons. The monoisotopic (exact) mass is 272 g/mol. The zero-order valence-electron chi connectivity index (χ0n) is 9.52. The van der Waals surface area contributed by atoms with Gasteiger partial charge in [0.25, 0.3) is 0 Å². The van der Waals surface area contributed by atoms with Crippen molar-refractivity contribution in [2.45, 2.75) is 12.2 Å². The van der Waals surface area contributed by atoms with Crippen LogP contribution in [-0.4, -0.2) is 50.9 Å². The smallest absolute Gasteiger partial charge is 0.348 e. The molecular weight excluding hydrogens is 260 g/mol. The average molecular weight is 272 g/mol. The van der Waals surface area contributed by atoms with Crippen molar-refractivity contribution in [2.75, 3.05) is 0 Å². The Morgan fingerprint density at radius 3 is 1.95 bits per heavy atom. The summed E-state index contributed by atoms with van der Waals surface area (Å²) in [5, 5.41) is 26.3. The Morgan fingerprint density at radius 1 is 1.00 bits per heavy atom. The molecule has 8 nitrogen and oxygen atoms in total. The van der Waals surface area contributed by atoms with Crippen molar-refractivity contribution in [3.63, 3.8) is 0 Å². The summed E-state index contributed by atoms with van der Waals surface area (Å²) in [6.45, 7) is 0. The lowest BCUT2D eigenvalue weighted by molar-refractivity contribution is -0.166.